The molecule has 1 aliphatic rings. The molecule has 0 spiro atoms. The van der Waals surface area contributed by atoms with Crippen molar-refractivity contribution >= 4 is 18.5 Å². The van der Waals surface area contributed by atoms with Crippen molar-refractivity contribution in [2.24, 2.45) is 0 Å². The summed E-state index contributed by atoms with van der Waals surface area (Å²) >= 11 is 0. The Labute approximate surface area is 123 Å². The fourth-order valence-corrected chi connectivity index (χ4v) is 1.85. The largest absolute Gasteiger partial charge is 0.444 e. The molecule has 0 aliphatic carbocycles. The van der Waals surface area contributed by atoms with Crippen LogP contribution in [-0.2, 0) is 4.74 Å². The molecule has 1 saturated heterocycles. The third-order valence-electron chi connectivity index (χ3n) is 2.74. The Morgan fingerprint density at radius 2 is 1.75 bits per heavy atom. The van der Waals surface area contributed by atoms with Gasteiger partial charge < -0.3 is 15.0 Å². The second kappa shape index (κ2) is 7.36. The molecule has 0 aromatic rings. The highest BCUT2D eigenvalue weighted by Gasteiger charge is 2.31. The van der Waals surface area contributed by atoms with E-state index in [1.54, 1.807) is 20.8 Å². The van der Waals surface area contributed by atoms with Crippen LogP contribution in [0.3, 0.4) is 0 Å². The molecule has 0 saturated carbocycles. The summed E-state index contributed by atoms with van der Waals surface area (Å²) in [6, 6.07) is -0.194. The number of hydrogen-bond acceptors (Lipinski definition) is 3. The molecule has 0 aromatic heterocycles. The Kier molecular flexibility index (Phi) is 7.10. The van der Waals surface area contributed by atoms with Crippen LogP contribution in [0.4, 0.5) is 18.0 Å². The number of likely N-dealkylation sites (tertiary alicyclic amines) is 1. The van der Waals surface area contributed by atoms with E-state index in [-0.39, 0.29) is 18.4 Å². The van der Waals surface area contributed by atoms with Crippen LogP contribution in [0.2, 0.25) is 0 Å². The second-order valence-corrected chi connectivity index (χ2v) is 5.74. The number of carbonyl (C=O) groups excluding carboxylic acids is 1. The number of halogens is 4. The summed E-state index contributed by atoms with van der Waals surface area (Å²) in [5.41, 5.74) is -0.553. The van der Waals surface area contributed by atoms with Gasteiger partial charge in [-0.25, -0.2) is 4.79 Å². The van der Waals surface area contributed by atoms with Crippen LogP contribution in [0.25, 0.3) is 0 Å². The van der Waals surface area contributed by atoms with E-state index in [1.165, 1.54) is 4.90 Å². The number of nitrogens with zero attached hydrogens (tertiary/aromatic N) is 1. The van der Waals surface area contributed by atoms with Crippen molar-refractivity contribution in [3.63, 3.8) is 0 Å². The lowest BCUT2D eigenvalue weighted by molar-refractivity contribution is -0.126. The monoisotopic (exact) mass is 318 g/mol. The predicted octanol–water partition coefficient (Wildman–Crippen LogP) is 2.96. The van der Waals surface area contributed by atoms with Gasteiger partial charge in [0.1, 0.15) is 5.60 Å². The van der Waals surface area contributed by atoms with Crippen LogP contribution < -0.4 is 5.32 Å². The first kappa shape index (κ1) is 19.3. The molecular formula is C12H22ClF3N2O2. The second-order valence-electron chi connectivity index (χ2n) is 5.74. The quantitative estimate of drug-likeness (QED) is 0.851. The molecule has 0 unspecified atom stereocenters. The van der Waals surface area contributed by atoms with Gasteiger partial charge in [-0.3, -0.25) is 0 Å². The minimum atomic E-state index is -4.19. The smallest absolute Gasteiger partial charge is 0.410 e. The molecule has 0 radical (unpaired) electrons. The number of alkyl halides is 3. The molecule has 20 heavy (non-hydrogen) atoms. The summed E-state index contributed by atoms with van der Waals surface area (Å²) in [6.07, 6.45) is -3.57. The molecule has 1 heterocycles. The number of hydrogen-bond donors (Lipinski definition) is 1. The third-order valence-corrected chi connectivity index (χ3v) is 2.74. The van der Waals surface area contributed by atoms with Gasteiger partial charge in [-0.1, -0.05) is 0 Å². The van der Waals surface area contributed by atoms with Crippen molar-refractivity contribution in [3.05, 3.63) is 0 Å². The lowest BCUT2D eigenvalue weighted by atomic mass is 10.1. The summed E-state index contributed by atoms with van der Waals surface area (Å²) in [4.78, 5) is 13.3. The van der Waals surface area contributed by atoms with Crippen molar-refractivity contribution in [1.82, 2.24) is 10.2 Å². The van der Waals surface area contributed by atoms with Crippen LogP contribution in [0.15, 0.2) is 0 Å². The number of rotatable bonds is 2. The molecule has 4 nitrogen and oxygen atoms in total. The van der Waals surface area contributed by atoms with Crippen molar-refractivity contribution in [2.75, 3.05) is 19.6 Å². The maximum atomic E-state index is 12.1. The Bertz CT molecular complexity index is 311. The summed E-state index contributed by atoms with van der Waals surface area (Å²) in [6.45, 7) is 5.20. The Balaban J connectivity index is 0.00000361. The van der Waals surface area contributed by atoms with Crippen LogP contribution in [0.5, 0.6) is 0 Å². The Morgan fingerprint density at radius 1 is 1.25 bits per heavy atom. The molecule has 120 valence electrons. The molecule has 1 amide bonds. The van der Waals surface area contributed by atoms with Gasteiger partial charge in [-0.2, -0.15) is 13.2 Å². The van der Waals surface area contributed by atoms with Crippen LogP contribution >= 0.6 is 12.4 Å². The standard InChI is InChI=1S/C12H21F3N2O2.ClH/c1-11(2,3)19-10(18)17-6-4-9(5-7-17)16-8-12(13,14)15;/h9,16H,4-8H2,1-3H3;1H. The molecule has 1 rings (SSSR count). The number of carbonyl (C=O) groups is 1. The summed E-state index contributed by atoms with van der Waals surface area (Å²) in [5.74, 6) is 0. The zero-order valence-corrected chi connectivity index (χ0v) is 12.7. The van der Waals surface area contributed by atoms with Crippen LogP contribution in [-0.4, -0.2) is 48.4 Å². The van der Waals surface area contributed by atoms with Crippen molar-refractivity contribution in [2.45, 2.75) is 51.4 Å². The maximum absolute atomic E-state index is 12.1. The Morgan fingerprint density at radius 3 is 2.15 bits per heavy atom. The van der Waals surface area contributed by atoms with E-state index in [0.29, 0.717) is 25.9 Å². The maximum Gasteiger partial charge on any atom is 0.410 e. The lowest BCUT2D eigenvalue weighted by Crippen LogP contribution is -2.48. The summed E-state index contributed by atoms with van der Waals surface area (Å²) in [7, 11) is 0. The van der Waals surface area contributed by atoms with E-state index in [1.807, 2.05) is 0 Å². The SMILES string of the molecule is CC(C)(C)OC(=O)N1CCC(NCC(F)(F)F)CC1.Cl. The van der Waals surface area contributed by atoms with E-state index in [2.05, 4.69) is 5.32 Å². The number of piperidine rings is 1. The summed E-state index contributed by atoms with van der Waals surface area (Å²) in [5, 5.41) is 2.47. The molecule has 1 N–H and O–H groups in total. The highest BCUT2D eigenvalue weighted by Crippen LogP contribution is 2.17. The first-order valence-electron chi connectivity index (χ1n) is 6.35. The zero-order chi connectivity index (χ0) is 14.7. The van der Waals surface area contributed by atoms with Gasteiger partial charge in [-0.05, 0) is 33.6 Å². The number of ether oxygens (including phenoxy) is 1. The number of nitrogens with one attached hydrogen (secondary N) is 1. The van der Waals surface area contributed by atoms with Crippen molar-refractivity contribution in [3.8, 4) is 0 Å². The highest BCUT2D eigenvalue weighted by atomic mass is 35.5. The van der Waals surface area contributed by atoms with Gasteiger partial charge in [0.15, 0.2) is 0 Å². The predicted molar refractivity (Wildman–Crippen MR) is 72.1 cm³/mol. The molecule has 0 aromatic carbocycles. The minimum Gasteiger partial charge on any atom is -0.444 e. The highest BCUT2D eigenvalue weighted by molar-refractivity contribution is 5.85. The topological polar surface area (TPSA) is 41.6 Å². The molecule has 0 bridgehead atoms. The average Bonchev–Trinajstić information content (AvgIpc) is 2.23. The van der Waals surface area contributed by atoms with Gasteiger partial charge in [-0.15, -0.1) is 12.4 Å². The van der Waals surface area contributed by atoms with Gasteiger partial charge in [0, 0.05) is 19.1 Å². The van der Waals surface area contributed by atoms with E-state index in [9.17, 15) is 18.0 Å². The van der Waals surface area contributed by atoms with E-state index < -0.39 is 24.4 Å². The van der Waals surface area contributed by atoms with Crippen molar-refractivity contribution < 1.29 is 22.7 Å². The average molecular weight is 319 g/mol. The van der Waals surface area contributed by atoms with E-state index >= 15 is 0 Å². The molecular weight excluding hydrogens is 297 g/mol. The van der Waals surface area contributed by atoms with E-state index in [4.69, 9.17) is 4.74 Å². The lowest BCUT2D eigenvalue weighted by Gasteiger charge is -2.33. The van der Waals surface area contributed by atoms with Gasteiger partial charge in [0.25, 0.3) is 0 Å². The first-order chi connectivity index (χ1) is 8.57. The fourth-order valence-electron chi connectivity index (χ4n) is 1.85. The van der Waals surface area contributed by atoms with Crippen molar-refractivity contribution in [1.29, 1.82) is 0 Å². The number of amides is 1. The summed E-state index contributed by atoms with van der Waals surface area (Å²) < 4.78 is 41.4. The molecule has 8 heteroatoms. The van der Waals surface area contributed by atoms with Gasteiger partial charge in [0.2, 0.25) is 0 Å². The molecule has 0 atom stereocenters. The third kappa shape index (κ3) is 7.79. The zero-order valence-electron chi connectivity index (χ0n) is 11.9. The normalized spacial score (nSPS) is 17.6. The fraction of sp³-hybridized carbons (Fsp3) is 0.917. The molecule has 1 aliphatic heterocycles. The van der Waals surface area contributed by atoms with Crippen LogP contribution in [0, 0.1) is 0 Å². The van der Waals surface area contributed by atoms with Crippen LogP contribution in [0.1, 0.15) is 33.6 Å². The first-order valence-corrected chi connectivity index (χ1v) is 6.35. The van der Waals surface area contributed by atoms with Gasteiger partial charge >= 0.3 is 12.3 Å². The minimum absolute atomic E-state index is 0. The van der Waals surface area contributed by atoms with E-state index in [0.717, 1.165) is 0 Å². The van der Waals surface area contributed by atoms with Gasteiger partial charge in [0.05, 0.1) is 6.54 Å². The molecule has 1 fully saturated rings. The Hall–Kier alpha value is -0.690.